The lowest BCUT2D eigenvalue weighted by atomic mass is 9.74. The van der Waals surface area contributed by atoms with Gasteiger partial charge in [-0.05, 0) is 44.8 Å². The Morgan fingerprint density at radius 2 is 2.25 bits per heavy atom. The van der Waals surface area contributed by atoms with E-state index in [0.29, 0.717) is 0 Å². The van der Waals surface area contributed by atoms with E-state index in [1.54, 1.807) is 6.20 Å². The molecule has 1 aromatic heterocycles. The molecule has 0 bridgehead atoms. The van der Waals surface area contributed by atoms with Crippen molar-refractivity contribution in [2.45, 2.75) is 45.6 Å². The molecule has 1 aliphatic rings. The standard InChI is InChI=1S/C15H26N4O/c1-2-5-15(6-10-16-11-7-15)14(20)17-8-3-12-19-13-4-9-18-19/h4,9,13,16H,2-3,5-8,10-12H2,1H3,(H,17,20). The van der Waals surface area contributed by atoms with E-state index in [0.717, 1.165) is 58.3 Å². The van der Waals surface area contributed by atoms with Crippen molar-refractivity contribution in [1.29, 1.82) is 0 Å². The van der Waals surface area contributed by atoms with Crippen LogP contribution < -0.4 is 10.6 Å². The van der Waals surface area contributed by atoms with Crippen molar-refractivity contribution in [2.24, 2.45) is 5.41 Å². The van der Waals surface area contributed by atoms with E-state index < -0.39 is 0 Å². The van der Waals surface area contributed by atoms with Gasteiger partial charge in [0, 0.05) is 25.5 Å². The topological polar surface area (TPSA) is 59.0 Å². The fourth-order valence-corrected chi connectivity index (χ4v) is 3.04. The number of carbonyl (C=O) groups excluding carboxylic acids is 1. The van der Waals surface area contributed by atoms with Crippen LogP contribution in [0.4, 0.5) is 0 Å². The number of nitrogens with one attached hydrogen (secondary N) is 2. The minimum atomic E-state index is -0.133. The molecule has 5 heteroatoms. The minimum absolute atomic E-state index is 0.133. The Bertz CT molecular complexity index is 391. The Kier molecular flexibility index (Phi) is 5.59. The number of nitrogens with zero attached hydrogens (tertiary/aromatic N) is 2. The van der Waals surface area contributed by atoms with Crippen molar-refractivity contribution >= 4 is 5.91 Å². The summed E-state index contributed by atoms with van der Waals surface area (Å²) in [6, 6.07) is 1.92. The number of aromatic nitrogens is 2. The summed E-state index contributed by atoms with van der Waals surface area (Å²) in [5, 5.41) is 10.6. The predicted octanol–water partition coefficient (Wildman–Crippen LogP) is 1.56. The van der Waals surface area contributed by atoms with E-state index in [1.165, 1.54) is 0 Å². The maximum absolute atomic E-state index is 12.5. The first kappa shape index (κ1) is 15.0. The SMILES string of the molecule is CCCC1(C(=O)NCCCn2cccn2)CCNCC1. The molecule has 1 saturated heterocycles. The number of amides is 1. The molecular formula is C15H26N4O. The Morgan fingerprint density at radius 1 is 1.45 bits per heavy atom. The van der Waals surface area contributed by atoms with E-state index in [2.05, 4.69) is 22.7 Å². The van der Waals surface area contributed by atoms with E-state index >= 15 is 0 Å². The average molecular weight is 278 g/mol. The molecule has 1 aliphatic heterocycles. The van der Waals surface area contributed by atoms with Crippen molar-refractivity contribution in [2.75, 3.05) is 19.6 Å². The zero-order valence-corrected chi connectivity index (χ0v) is 12.4. The minimum Gasteiger partial charge on any atom is -0.356 e. The Labute approximate surface area is 121 Å². The fourth-order valence-electron chi connectivity index (χ4n) is 3.04. The molecule has 0 aromatic carbocycles. The monoisotopic (exact) mass is 278 g/mol. The van der Waals surface area contributed by atoms with E-state index in [4.69, 9.17) is 0 Å². The van der Waals surface area contributed by atoms with Gasteiger partial charge in [-0.25, -0.2) is 0 Å². The van der Waals surface area contributed by atoms with E-state index in [-0.39, 0.29) is 11.3 Å². The molecule has 2 heterocycles. The summed E-state index contributed by atoms with van der Waals surface area (Å²) >= 11 is 0. The lowest BCUT2D eigenvalue weighted by molar-refractivity contribution is -0.133. The van der Waals surface area contributed by atoms with Crippen LogP contribution in [0, 0.1) is 5.41 Å². The largest absolute Gasteiger partial charge is 0.356 e. The summed E-state index contributed by atoms with van der Waals surface area (Å²) in [4.78, 5) is 12.5. The van der Waals surface area contributed by atoms with Crippen molar-refractivity contribution in [1.82, 2.24) is 20.4 Å². The normalized spacial score (nSPS) is 17.9. The Balaban J connectivity index is 1.76. The van der Waals surface area contributed by atoms with Gasteiger partial charge in [-0.1, -0.05) is 13.3 Å². The highest BCUT2D eigenvalue weighted by atomic mass is 16.2. The summed E-state index contributed by atoms with van der Waals surface area (Å²) in [5.41, 5.74) is -0.133. The zero-order valence-electron chi connectivity index (χ0n) is 12.4. The molecule has 0 unspecified atom stereocenters. The lowest BCUT2D eigenvalue weighted by Crippen LogP contribution is -2.47. The molecule has 20 heavy (non-hydrogen) atoms. The molecule has 1 fully saturated rings. The highest BCUT2D eigenvalue weighted by Gasteiger charge is 2.38. The zero-order chi connectivity index (χ0) is 14.3. The van der Waals surface area contributed by atoms with Gasteiger partial charge in [0.15, 0.2) is 0 Å². The number of carbonyl (C=O) groups is 1. The first-order valence-electron chi connectivity index (χ1n) is 7.73. The van der Waals surface area contributed by atoms with Crippen LogP contribution in [0.5, 0.6) is 0 Å². The third-order valence-electron chi connectivity index (χ3n) is 4.18. The van der Waals surface area contributed by atoms with Gasteiger partial charge < -0.3 is 10.6 Å². The molecule has 2 rings (SSSR count). The van der Waals surface area contributed by atoms with Gasteiger partial charge in [-0.3, -0.25) is 9.48 Å². The summed E-state index contributed by atoms with van der Waals surface area (Å²) in [6.45, 7) is 5.67. The smallest absolute Gasteiger partial charge is 0.226 e. The third kappa shape index (κ3) is 3.82. The van der Waals surface area contributed by atoms with Crippen molar-refractivity contribution in [3.05, 3.63) is 18.5 Å². The third-order valence-corrected chi connectivity index (χ3v) is 4.18. The first-order chi connectivity index (χ1) is 9.77. The molecule has 1 amide bonds. The van der Waals surface area contributed by atoms with Crippen LogP contribution in [0.15, 0.2) is 18.5 Å². The van der Waals surface area contributed by atoms with Gasteiger partial charge >= 0.3 is 0 Å². The summed E-state index contributed by atoms with van der Waals surface area (Å²) in [7, 11) is 0. The van der Waals surface area contributed by atoms with Crippen LogP contribution in [0.25, 0.3) is 0 Å². The molecule has 1 aromatic rings. The van der Waals surface area contributed by atoms with Crippen LogP contribution in [0.3, 0.4) is 0 Å². The second kappa shape index (κ2) is 7.43. The van der Waals surface area contributed by atoms with Gasteiger partial charge in [0.25, 0.3) is 0 Å². The highest BCUT2D eigenvalue weighted by Crippen LogP contribution is 2.34. The van der Waals surface area contributed by atoms with Crippen molar-refractivity contribution < 1.29 is 4.79 Å². The van der Waals surface area contributed by atoms with Crippen molar-refractivity contribution in [3.8, 4) is 0 Å². The number of aryl methyl sites for hydroxylation is 1. The number of rotatable bonds is 7. The molecule has 0 saturated carbocycles. The number of hydrogen-bond donors (Lipinski definition) is 2. The van der Waals surface area contributed by atoms with Gasteiger partial charge in [0.05, 0.1) is 5.41 Å². The van der Waals surface area contributed by atoms with Crippen molar-refractivity contribution in [3.63, 3.8) is 0 Å². The molecule has 2 N–H and O–H groups in total. The van der Waals surface area contributed by atoms with Crippen LogP contribution >= 0.6 is 0 Å². The molecule has 0 atom stereocenters. The van der Waals surface area contributed by atoms with Gasteiger partial charge in [0.2, 0.25) is 5.91 Å². The second-order valence-electron chi connectivity index (χ2n) is 5.66. The van der Waals surface area contributed by atoms with E-state index in [9.17, 15) is 4.79 Å². The summed E-state index contributed by atoms with van der Waals surface area (Å²) in [5.74, 6) is 0.251. The average Bonchev–Trinajstić information content (AvgIpc) is 2.98. The molecular weight excluding hydrogens is 252 g/mol. The highest BCUT2D eigenvalue weighted by molar-refractivity contribution is 5.82. The lowest BCUT2D eigenvalue weighted by Gasteiger charge is -2.36. The van der Waals surface area contributed by atoms with Crippen LogP contribution in [0.1, 0.15) is 39.0 Å². The number of piperidine rings is 1. The first-order valence-corrected chi connectivity index (χ1v) is 7.73. The van der Waals surface area contributed by atoms with Gasteiger partial charge in [0.1, 0.15) is 0 Å². The molecule has 5 nitrogen and oxygen atoms in total. The van der Waals surface area contributed by atoms with E-state index in [1.807, 2.05) is 16.9 Å². The maximum atomic E-state index is 12.5. The van der Waals surface area contributed by atoms with Crippen LogP contribution in [-0.4, -0.2) is 35.3 Å². The fraction of sp³-hybridized carbons (Fsp3) is 0.733. The quantitative estimate of drug-likeness (QED) is 0.744. The number of hydrogen-bond acceptors (Lipinski definition) is 3. The molecule has 112 valence electrons. The van der Waals surface area contributed by atoms with Crippen LogP contribution in [0.2, 0.25) is 0 Å². The molecule has 0 radical (unpaired) electrons. The Morgan fingerprint density at radius 3 is 2.90 bits per heavy atom. The van der Waals surface area contributed by atoms with Gasteiger partial charge in [-0.15, -0.1) is 0 Å². The van der Waals surface area contributed by atoms with Crippen LogP contribution in [-0.2, 0) is 11.3 Å². The molecule has 0 aliphatic carbocycles. The summed E-state index contributed by atoms with van der Waals surface area (Å²) < 4.78 is 1.90. The van der Waals surface area contributed by atoms with Gasteiger partial charge in [-0.2, -0.15) is 5.10 Å². The predicted molar refractivity (Wildman–Crippen MR) is 79.3 cm³/mol. The Hall–Kier alpha value is -1.36. The second-order valence-corrected chi connectivity index (χ2v) is 5.66. The molecule has 0 spiro atoms. The maximum Gasteiger partial charge on any atom is 0.226 e. The summed E-state index contributed by atoms with van der Waals surface area (Å²) in [6.07, 6.45) is 8.66.